The Balaban J connectivity index is 1.48. The van der Waals surface area contributed by atoms with Gasteiger partial charge in [0, 0.05) is 12.6 Å². The zero-order valence-electron chi connectivity index (χ0n) is 13.1. The molecule has 1 amide bonds. The topological polar surface area (TPSA) is 76.8 Å². The summed E-state index contributed by atoms with van der Waals surface area (Å²) in [5.41, 5.74) is 0.722. The maximum atomic E-state index is 12.0. The number of carbonyl (C=O) groups is 1. The predicted octanol–water partition coefficient (Wildman–Crippen LogP) is 1.69. The van der Waals surface area contributed by atoms with Crippen molar-refractivity contribution in [3.63, 3.8) is 0 Å². The first kappa shape index (κ1) is 15.4. The van der Waals surface area contributed by atoms with E-state index in [0.717, 1.165) is 17.2 Å². The molecule has 7 nitrogen and oxygen atoms in total. The second-order valence-electron chi connectivity index (χ2n) is 5.58. The zero-order chi connectivity index (χ0) is 16.2. The van der Waals surface area contributed by atoms with Crippen LogP contribution in [-0.2, 0) is 4.79 Å². The van der Waals surface area contributed by atoms with Crippen molar-refractivity contribution in [3.05, 3.63) is 36.0 Å². The average molecular weight is 317 g/mol. The van der Waals surface area contributed by atoms with Crippen molar-refractivity contribution in [2.24, 2.45) is 0 Å². The average Bonchev–Trinajstić information content (AvgIpc) is 2.91. The lowest BCUT2D eigenvalue weighted by Crippen LogP contribution is -2.42. The number of ether oxygens (including phenoxy) is 2. The van der Waals surface area contributed by atoms with Crippen LogP contribution in [0.5, 0.6) is 11.5 Å². The molecule has 0 aliphatic carbocycles. The normalized spacial score (nSPS) is 16.4. The van der Waals surface area contributed by atoms with Crippen molar-refractivity contribution in [1.82, 2.24) is 10.1 Å². The Bertz CT molecular complexity index is 685. The van der Waals surface area contributed by atoms with E-state index < -0.39 is 0 Å². The number of aryl methyl sites for hydroxylation is 1. The van der Waals surface area contributed by atoms with E-state index in [9.17, 15) is 4.79 Å². The highest BCUT2D eigenvalue weighted by Crippen LogP contribution is 2.30. The Morgan fingerprint density at radius 3 is 2.91 bits per heavy atom. The molecule has 1 atom stereocenters. The third kappa shape index (κ3) is 4.01. The van der Waals surface area contributed by atoms with Gasteiger partial charge < -0.3 is 14.0 Å². The molecule has 0 unspecified atom stereocenters. The number of amides is 1. The molecule has 1 aliphatic heterocycles. The van der Waals surface area contributed by atoms with Gasteiger partial charge in [-0.25, -0.2) is 0 Å². The summed E-state index contributed by atoms with van der Waals surface area (Å²) in [5, 5.41) is 6.39. The molecular formula is C16H19N3O4. The molecule has 122 valence electrons. The fourth-order valence-corrected chi connectivity index (χ4v) is 2.41. The van der Waals surface area contributed by atoms with Gasteiger partial charge in [-0.3, -0.25) is 15.0 Å². The van der Waals surface area contributed by atoms with Crippen LogP contribution in [0.1, 0.15) is 5.69 Å². The van der Waals surface area contributed by atoms with Crippen LogP contribution >= 0.6 is 0 Å². The van der Waals surface area contributed by atoms with Crippen molar-refractivity contribution in [3.8, 4) is 11.5 Å². The van der Waals surface area contributed by atoms with Crippen LogP contribution in [0.2, 0.25) is 0 Å². The molecule has 1 aromatic carbocycles. The number of aromatic nitrogens is 1. The van der Waals surface area contributed by atoms with Crippen molar-refractivity contribution in [2.45, 2.75) is 13.0 Å². The van der Waals surface area contributed by atoms with Gasteiger partial charge in [0.05, 0.1) is 12.2 Å². The molecule has 0 saturated heterocycles. The van der Waals surface area contributed by atoms with E-state index in [4.69, 9.17) is 14.0 Å². The van der Waals surface area contributed by atoms with Gasteiger partial charge in [-0.2, -0.15) is 0 Å². The van der Waals surface area contributed by atoms with Crippen LogP contribution in [-0.4, -0.2) is 48.8 Å². The zero-order valence-corrected chi connectivity index (χ0v) is 13.1. The first-order chi connectivity index (χ1) is 11.1. The van der Waals surface area contributed by atoms with Crippen molar-refractivity contribution < 1.29 is 18.8 Å². The van der Waals surface area contributed by atoms with E-state index in [2.05, 4.69) is 10.5 Å². The first-order valence-corrected chi connectivity index (χ1v) is 7.40. The minimum Gasteiger partial charge on any atom is -0.486 e. The van der Waals surface area contributed by atoms with E-state index in [1.807, 2.05) is 36.2 Å². The lowest BCUT2D eigenvalue weighted by atomic mass is 10.2. The van der Waals surface area contributed by atoms with Gasteiger partial charge >= 0.3 is 0 Å². The van der Waals surface area contributed by atoms with Gasteiger partial charge in [0.2, 0.25) is 11.8 Å². The van der Waals surface area contributed by atoms with E-state index >= 15 is 0 Å². The molecule has 23 heavy (non-hydrogen) atoms. The van der Waals surface area contributed by atoms with Crippen LogP contribution < -0.4 is 14.8 Å². The molecule has 2 heterocycles. The molecule has 0 spiro atoms. The summed E-state index contributed by atoms with van der Waals surface area (Å²) in [7, 11) is 1.86. The van der Waals surface area contributed by atoms with Crippen molar-refractivity contribution in [1.29, 1.82) is 0 Å². The summed E-state index contributed by atoms with van der Waals surface area (Å²) in [6.45, 7) is 3.06. The molecule has 1 aliphatic rings. The lowest BCUT2D eigenvalue weighted by Gasteiger charge is -2.29. The van der Waals surface area contributed by atoms with Crippen molar-refractivity contribution >= 4 is 11.8 Å². The third-order valence-electron chi connectivity index (χ3n) is 3.39. The fraction of sp³-hybridized carbons (Fsp3) is 0.375. The molecule has 1 aromatic heterocycles. The number of anilines is 1. The van der Waals surface area contributed by atoms with Gasteiger partial charge in [-0.1, -0.05) is 17.3 Å². The number of hydrogen-bond acceptors (Lipinski definition) is 6. The predicted molar refractivity (Wildman–Crippen MR) is 83.7 cm³/mol. The maximum absolute atomic E-state index is 12.0. The quantitative estimate of drug-likeness (QED) is 0.904. The molecule has 1 N–H and O–H groups in total. The van der Waals surface area contributed by atoms with E-state index in [-0.39, 0.29) is 18.6 Å². The summed E-state index contributed by atoms with van der Waals surface area (Å²) in [6.07, 6.45) is -0.116. The molecule has 2 aromatic rings. The van der Waals surface area contributed by atoms with E-state index in [1.54, 1.807) is 13.0 Å². The second kappa shape index (κ2) is 6.70. The van der Waals surface area contributed by atoms with Crippen LogP contribution in [0.4, 0.5) is 5.88 Å². The SMILES string of the molecule is Cc1cc(NC(=O)CN(C)C[C@@H]2COc3ccccc3O2)on1. The Morgan fingerprint density at radius 2 is 2.17 bits per heavy atom. The van der Waals surface area contributed by atoms with Crippen LogP contribution in [0.25, 0.3) is 0 Å². The summed E-state index contributed by atoms with van der Waals surface area (Å²) >= 11 is 0. The van der Waals surface area contributed by atoms with Gasteiger partial charge in [0.15, 0.2) is 11.5 Å². The molecule has 0 radical (unpaired) electrons. The number of hydrogen-bond donors (Lipinski definition) is 1. The number of para-hydroxylation sites is 2. The standard InChI is InChI=1S/C16H19N3O4/c1-11-7-16(23-18-11)17-15(20)9-19(2)8-12-10-21-13-5-3-4-6-14(13)22-12/h3-7,12H,8-10H2,1-2H3,(H,17,20)/t12-/m1/s1. The smallest absolute Gasteiger partial charge is 0.240 e. The number of carbonyl (C=O) groups excluding carboxylic acids is 1. The monoisotopic (exact) mass is 317 g/mol. The minimum atomic E-state index is -0.166. The van der Waals surface area contributed by atoms with Crippen LogP contribution in [0.15, 0.2) is 34.9 Å². The number of nitrogens with zero attached hydrogens (tertiary/aromatic N) is 2. The molecule has 0 fully saturated rings. The summed E-state index contributed by atoms with van der Waals surface area (Å²) in [5.74, 6) is 1.68. The number of likely N-dealkylation sites (N-methyl/N-ethyl adjacent to an activating group) is 1. The van der Waals surface area contributed by atoms with Gasteiger partial charge in [-0.05, 0) is 26.1 Å². The highest BCUT2D eigenvalue weighted by Gasteiger charge is 2.22. The van der Waals surface area contributed by atoms with Gasteiger partial charge in [0.25, 0.3) is 0 Å². The second-order valence-corrected chi connectivity index (χ2v) is 5.58. The number of fused-ring (bicyclic) bond motifs is 1. The third-order valence-corrected chi connectivity index (χ3v) is 3.39. The molecule has 7 heteroatoms. The summed E-state index contributed by atoms with van der Waals surface area (Å²) < 4.78 is 16.5. The number of benzene rings is 1. The van der Waals surface area contributed by atoms with E-state index in [0.29, 0.717) is 19.0 Å². The molecular weight excluding hydrogens is 298 g/mol. The Labute approximate surface area is 134 Å². The fourth-order valence-electron chi connectivity index (χ4n) is 2.41. The Morgan fingerprint density at radius 1 is 1.39 bits per heavy atom. The van der Waals surface area contributed by atoms with Crippen LogP contribution in [0, 0.1) is 6.92 Å². The highest BCUT2D eigenvalue weighted by atomic mass is 16.6. The summed E-state index contributed by atoms with van der Waals surface area (Å²) in [6, 6.07) is 9.24. The molecule has 0 saturated carbocycles. The largest absolute Gasteiger partial charge is 0.486 e. The number of nitrogens with one attached hydrogen (secondary N) is 1. The Hall–Kier alpha value is -2.54. The van der Waals surface area contributed by atoms with Crippen molar-refractivity contribution in [2.75, 3.05) is 32.1 Å². The first-order valence-electron chi connectivity index (χ1n) is 7.40. The Kier molecular flexibility index (Phi) is 4.47. The van der Waals surface area contributed by atoms with Gasteiger partial charge in [0.1, 0.15) is 12.7 Å². The maximum Gasteiger partial charge on any atom is 0.240 e. The number of rotatable bonds is 5. The highest BCUT2D eigenvalue weighted by molar-refractivity contribution is 5.90. The van der Waals surface area contributed by atoms with E-state index in [1.165, 1.54) is 0 Å². The molecule has 0 bridgehead atoms. The molecule has 3 rings (SSSR count). The van der Waals surface area contributed by atoms with Crippen LogP contribution in [0.3, 0.4) is 0 Å². The summed E-state index contributed by atoms with van der Waals surface area (Å²) in [4.78, 5) is 13.8. The minimum absolute atomic E-state index is 0.116. The lowest BCUT2D eigenvalue weighted by molar-refractivity contribution is -0.117. The van der Waals surface area contributed by atoms with Gasteiger partial charge in [-0.15, -0.1) is 0 Å².